The third kappa shape index (κ3) is 7.66. The van der Waals surface area contributed by atoms with E-state index in [-0.39, 0.29) is 18.3 Å². The van der Waals surface area contributed by atoms with Crippen molar-refractivity contribution in [3.8, 4) is 5.75 Å². The molecule has 3 rings (SSSR count). The molecule has 3 aromatic rings. The number of thiophene rings is 1. The van der Waals surface area contributed by atoms with E-state index in [0.717, 1.165) is 46.1 Å². The van der Waals surface area contributed by atoms with E-state index in [0.29, 0.717) is 11.4 Å². The maximum Gasteiger partial charge on any atom is 0.573 e. The summed E-state index contributed by atoms with van der Waals surface area (Å²) in [6.45, 7) is 6.02. The minimum absolute atomic E-state index is 0.141. The van der Waals surface area contributed by atoms with Crippen LogP contribution in [0.1, 0.15) is 32.3 Å². The van der Waals surface area contributed by atoms with E-state index in [4.69, 9.17) is 0 Å². The van der Waals surface area contributed by atoms with Gasteiger partial charge in [0.25, 0.3) is 11.3 Å². The van der Waals surface area contributed by atoms with Crippen LogP contribution in [0.4, 0.5) is 18.2 Å². The summed E-state index contributed by atoms with van der Waals surface area (Å²) >= 11 is 2.78. The second kappa shape index (κ2) is 12.5. The molecular formula is C24H28BrF3N2O3S2. The summed E-state index contributed by atoms with van der Waals surface area (Å²) in [5.41, 5.74) is 0.820. The van der Waals surface area contributed by atoms with E-state index in [1.807, 2.05) is 24.3 Å². The first-order valence-corrected chi connectivity index (χ1v) is 13.9. The van der Waals surface area contributed by atoms with Gasteiger partial charge in [0.2, 0.25) is 0 Å². The number of fused-ring (bicyclic) bond motifs is 1. The highest BCUT2D eigenvalue weighted by atomic mass is 79.9. The molecule has 1 N–H and O–H groups in total. The van der Waals surface area contributed by atoms with Crippen molar-refractivity contribution in [2.45, 2.75) is 45.5 Å². The Morgan fingerprint density at radius 1 is 1.09 bits per heavy atom. The second-order valence-corrected chi connectivity index (χ2v) is 10.8. The zero-order chi connectivity index (χ0) is 25.6. The lowest BCUT2D eigenvalue weighted by Crippen LogP contribution is -2.46. The van der Waals surface area contributed by atoms with Gasteiger partial charge in [0.05, 0.1) is 11.0 Å². The molecule has 0 radical (unpaired) electrons. The predicted molar refractivity (Wildman–Crippen MR) is 140 cm³/mol. The van der Waals surface area contributed by atoms with Crippen molar-refractivity contribution in [1.29, 1.82) is 0 Å². The third-order valence-corrected chi connectivity index (χ3v) is 8.56. The molecule has 2 aromatic carbocycles. The fraction of sp³-hybridized carbons (Fsp3) is 0.417. The molecule has 2 atom stereocenters. The van der Waals surface area contributed by atoms with Crippen LogP contribution >= 0.6 is 27.3 Å². The van der Waals surface area contributed by atoms with Crippen LogP contribution in [0.3, 0.4) is 0 Å². The summed E-state index contributed by atoms with van der Waals surface area (Å²) in [5, 5.41) is 1.64. The smallest absolute Gasteiger partial charge is 0.406 e. The Kier molecular flexibility index (Phi) is 10.00. The lowest BCUT2D eigenvalue weighted by atomic mass is 10.0. The van der Waals surface area contributed by atoms with Gasteiger partial charge in [-0.2, -0.15) is 0 Å². The van der Waals surface area contributed by atoms with Crippen LogP contribution in [-0.4, -0.2) is 45.7 Å². The van der Waals surface area contributed by atoms with Gasteiger partial charge in [0.1, 0.15) is 10.8 Å². The molecule has 0 aliphatic carbocycles. The summed E-state index contributed by atoms with van der Waals surface area (Å²) in [6.07, 6.45) is -2.43. The van der Waals surface area contributed by atoms with Crippen molar-refractivity contribution in [3.05, 3.63) is 58.6 Å². The number of alkyl halides is 3. The van der Waals surface area contributed by atoms with Crippen LogP contribution in [0.2, 0.25) is 0 Å². The van der Waals surface area contributed by atoms with Gasteiger partial charge in [0, 0.05) is 16.1 Å². The number of anilines is 1. The van der Waals surface area contributed by atoms with Gasteiger partial charge < -0.3 is 4.74 Å². The van der Waals surface area contributed by atoms with Crippen molar-refractivity contribution < 1.29 is 26.7 Å². The SMILES string of the molecule is CCCN(CCC)C(Cc1ccc(OC(F)(F)F)cc1)CN(c1sc2ccccc2c1Br)S(=O)O. The zero-order valence-electron chi connectivity index (χ0n) is 19.4. The normalized spacial score (nSPS) is 13.8. The molecule has 5 nitrogen and oxygen atoms in total. The van der Waals surface area contributed by atoms with Crippen LogP contribution in [0.15, 0.2) is 53.0 Å². The quantitative estimate of drug-likeness (QED) is 0.225. The summed E-state index contributed by atoms with van der Waals surface area (Å²) in [7, 11) is 0. The highest BCUT2D eigenvalue weighted by molar-refractivity contribution is 9.10. The van der Waals surface area contributed by atoms with Crippen molar-refractivity contribution in [2.75, 3.05) is 23.9 Å². The van der Waals surface area contributed by atoms with Crippen molar-refractivity contribution >= 4 is 53.6 Å². The number of rotatable bonds is 12. The molecule has 35 heavy (non-hydrogen) atoms. The van der Waals surface area contributed by atoms with Gasteiger partial charge in [-0.05, 0) is 72.0 Å². The average Bonchev–Trinajstić information content (AvgIpc) is 3.12. The highest BCUT2D eigenvalue weighted by Crippen LogP contribution is 2.42. The molecule has 192 valence electrons. The summed E-state index contributed by atoms with van der Waals surface area (Å²) in [4.78, 5) is 2.28. The Labute approximate surface area is 218 Å². The molecule has 0 saturated carbocycles. The first-order chi connectivity index (χ1) is 16.6. The molecule has 0 fully saturated rings. The fourth-order valence-corrected chi connectivity index (χ4v) is 6.93. The Balaban J connectivity index is 1.91. The second-order valence-electron chi connectivity index (χ2n) is 8.09. The lowest BCUT2D eigenvalue weighted by Gasteiger charge is -2.34. The van der Waals surface area contributed by atoms with Crippen molar-refractivity contribution in [3.63, 3.8) is 0 Å². The molecule has 11 heteroatoms. The van der Waals surface area contributed by atoms with E-state index < -0.39 is 17.6 Å². The number of nitrogens with zero attached hydrogens (tertiary/aromatic N) is 2. The number of ether oxygens (including phenoxy) is 1. The minimum atomic E-state index is -4.74. The Morgan fingerprint density at radius 3 is 2.26 bits per heavy atom. The largest absolute Gasteiger partial charge is 0.573 e. The molecular weight excluding hydrogens is 565 g/mol. The Morgan fingerprint density at radius 2 is 1.71 bits per heavy atom. The van der Waals surface area contributed by atoms with Crippen LogP contribution in [0, 0.1) is 0 Å². The topological polar surface area (TPSA) is 53.0 Å². The van der Waals surface area contributed by atoms with Crippen LogP contribution in [0.25, 0.3) is 10.1 Å². The summed E-state index contributed by atoms with van der Waals surface area (Å²) in [5.74, 6) is -0.274. The van der Waals surface area contributed by atoms with Gasteiger partial charge in [-0.15, -0.1) is 24.5 Å². The summed E-state index contributed by atoms with van der Waals surface area (Å²) < 4.78 is 67.6. The Hall–Kier alpha value is -1.66. The van der Waals surface area contributed by atoms with Crippen molar-refractivity contribution in [1.82, 2.24) is 4.90 Å². The van der Waals surface area contributed by atoms with Gasteiger partial charge in [0.15, 0.2) is 0 Å². The first kappa shape index (κ1) is 27.9. The molecule has 0 amide bonds. The number of hydrogen-bond acceptors (Lipinski definition) is 4. The van der Waals surface area contributed by atoms with Gasteiger partial charge >= 0.3 is 6.36 Å². The van der Waals surface area contributed by atoms with Gasteiger partial charge in [-0.25, -0.2) is 4.21 Å². The predicted octanol–water partition coefficient (Wildman–Crippen LogP) is 7.24. The van der Waals surface area contributed by atoms with E-state index in [9.17, 15) is 21.9 Å². The maximum absolute atomic E-state index is 12.5. The third-order valence-electron chi connectivity index (χ3n) is 5.48. The van der Waals surface area contributed by atoms with E-state index in [1.165, 1.54) is 27.8 Å². The summed E-state index contributed by atoms with van der Waals surface area (Å²) in [6, 6.07) is 13.5. The first-order valence-electron chi connectivity index (χ1n) is 11.3. The molecule has 0 aliphatic heterocycles. The molecule has 0 spiro atoms. The lowest BCUT2D eigenvalue weighted by molar-refractivity contribution is -0.274. The van der Waals surface area contributed by atoms with E-state index in [1.54, 1.807) is 12.1 Å². The van der Waals surface area contributed by atoms with Crippen LogP contribution in [-0.2, 0) is 17.7 Å². The number of hydrogen-bond donors (Lipinski definition) is 1. The molecule has 2 unspecified atom stereocenters. The molecule has 0 bridgehead atoms. The molecule has 1 aromatic heterocycles. The highest BCUT2D eigenvalue weighted by Gasteiger charge is 2.31. The number of halogens is 4. The Bertz CT molecular complexity index is 1120. The number of benzene rings is 2. The van der Waals surface area contributed by atoms with Crippen molar-refractivity contribution in [2.24, 2.45) is 0 Å². The van der Waals surface area contributed by atoms with Gasteiger partial charge in [-0.3, -0.25) is 13.8 Å². The monoisotopic (exact) mass is 592 g/mol. The van der Waals surface area contributed by atoms with E-state index >= 15 is 0 Å². The molecule has 0 aliphatic rings. The molecule has 1 heterocycles. The van der Waals surface area contributed by atoms with Crippen LogP contribution < -0.4 is 9.04 Å². The van der Waals surface area contributed by atoms with Gasteiger partial charge in [-0.1, -0.05) is 44.2 Å². The minimum Gasteiger partial charge on any atom is -0.406 e. The molecule has 0 saturated heterocycles. The zero-order valence-corrected chi connectivity index (χ0v) is 22.6. The standard InChI is InChI=1S/C24H28BrF3N2O3S2/c1-3-13-29(14-4-2)18(15-17-9-11-19(12-10-17)33-24(26,27)28)16-30(35(31)32)23-22(25)20-7-5-6-8-21(20)34-23/h5-12,18H,3-4,13-16H2,1-2H3,(H,31,32). The van der Waals surface area contributed by atoms with E-state index in [2.05, 4.69) is 39.4 Å². The average molecular weight is 594 g/mol. The maximum atomic E-state index is 12.5. The van der Waals surface area contributed by atoms with Crippen LogP contribution in [0.5, 0.6) is 5.75 Å². The fourth-order valence-electron chi connectivity index (χ4n) is 4.03.